The maximum atomic E-state index is 13.9. The summed E-state index contributed by atoms with van der Waals surface area (Å²) in [6.45, 7) is 1.86. The van der Waals surface area contributed by atoms with Gasteiger partial charge in [0.25, 0.3) is 0 Å². The lowest BCUT2D eigenvalue weighted by atomic mass is 9.88. The van der Waals surface area contributed by atoms with E-state index in [0.29, 0.717) is 30.5 Å². The Morgan fingerprint density at radius 2 is 2.07 bits per heavy atom. The van der Waals surface area contributed by atoms with E-state index in [9.17, 15) is 9.18 Å². The van der Waals surface area contributed by atoms with Crippen LogP contribution in [0.15, 0.2) is 27.7 Å². The first-order valence-electron chi connectivity index (χ1n) is 9.76. The third-order valence-corrected chi connectivity index (χ3v) is 5.97. The molecule has 0 bridgehead atoms. The van der Waals surface area contributed by atoms with Crippen LogP contribution in [-0.2, 0) is 11.3 Å². The summed E-state index contributed by atoms with van der Waals surface area (Å²) < 4.78 is 14.7. The molecule has 1 saturated carbocycles. The molecule has 1 amide bonds. The zero-order valence-corrected chi connectivity index (χ0v) is 17.4. The van der Waals surface area contributed by atoms with Crippen molar-refractivity contribution in [2.75, 3.05) is 20.1 Å². The summed E-state index contributed by atoms with van der Waals surface area (Å²) >= 11 is 3.37. The predicted octanol–water partition coefficient (Wildman–Crippen LogP) is 3.43. The van der Waals surface area contributed by atoms with E-state index in [1.165, 1.54) is 25.3 Å². The highest BCUT2D eigenvalue weighted by Gasteiger charge is 2.31. The molecule has 1 heterocycles. The van der Waals surface area contributed by atoms with Crippen LogP contribution in [-0.4, -0.2) is 42.9 Å². The molecule has 1 saturated heterocycles. The summed E-state index contributed by atoms with van der Waals surface area (Å²) in [5.74, 6) is 0.921. The lowest BCUT2D eigenvalue weighted by Crippen LogP contribution is -2.45. The Morgan fingerprint density at radius 3 is 2.81 bits per heavy atom. The second-order valence-electron chi connectivity index (χ2n) is 7.41. The van der Waals surface area contributed by atoms with Crippen LogP contribution in [0.3, 0.4) is 0 Å². The molecule has 27 heavy (non-hydrogen) atoms. The van der Waals surface area contributed by atoms with Gasteiger partial charge in [-0.1, -0.05) is 35.2 Å². The van der Waals surface area contributed by atoms with Crippen LogP contribution in [0.2, 0.25) is 0 Å². The van der Waals surface area contributed by atoms with Crippen molar-refractivity contribution in [1.82, 2.24) is 15.5 Å². The first kappa shape index (κ1) is 20.1. The summed E-state index contributed by atoms with van der Waals surface area (Å²) in [5, 5.41) is 6.53. The quantitative estimate of drug-likeness (QED) is 0.559. The number of benzene rings is 1. The lowest BCUT2D eigenvalue weighted by Gasteiger charge is -2.26. The Morgan fingerprint density at radius 1 is 1.30 bits per heavy atom. The number of hydrogen-bond donors (Lipinski definition) is 2. The molecule has 1 aliphatic heterocycles. The van der Waals surface area contributed by atoms with Gasteiger partial charge in [-0.15, -0.1) is 0 Å². The molecule has 1 aromatic rings. The van der Waals surface area contributed by atoms with Crippen LogP contribution in [0.1, 0.15) is 44.1 Å². The minimum atomic E-state index is -0.244. The molecule has 2 N–H and O–H groups in total. The van der Waals surface area contributed by atoms with Crippen molar-refractivity contribution in [1.29, 1.82) is 0 Å². The van der Waals surface area contributed by atoms with Gasteiger partial charge in [0, 0.05) is 48.7 Å². The molecule has 7 heteroatoms. The van der Waals surface area contributed by atoms with Gasteiger partial charge < -0.3 is 15.5 Å². The Kier molecular flexibility index (Phi) is 7.10. The molecule has 1 aromatic carbocycles. The maximum absolute atomic E-state index is 13.9. The molecule has 2 fully saturated rings. The predicted molar refractivity (Wildman–Crippen MR) is 109 cm³/mol. The fourth-order valence-corrected chi connectivity index (χ4v) is 4.34. The van der Waals surface area contributed by atoms with Crippen LogP contribution in [0.5, 0.6) is 0 Å². The van der Waals surface area contributed by atoms with Crippen molar-refractivity contribution in [2.45, 2.75) is 51.1 Å². The van der Waals surface area contributed by atoms with Crippen molar-refractivity contribution < 1.29 is 9.18 Å². The molecule has 5 nitrogen and oxygen atoms in total. The highest BCUT2D eigenvalue weighted by Crippen LogP contribution is 2.26. The molecular formula is C20H28BrFN4O. The molecule has 0 aromatic heterocycles. The van der Waals surface area contributed by atoms with E-state index in [1.807, 2.05) is 4.90 Å². The molecule has 1 aliphatic carbocycles. The van der Waals surface area contributed by atoms with Gasteiger partial charge in [0.15, 0.2) is 5.96 Å². The van der Waals surface area contributed by atoms with Crippen molar-refractivity contribution in [3.63, 3.8) is 0 Å². The average Bonchev–Trinajstić information content (AvgIpc) is 3.16. The highest BCUT2D eigenvalue weighted by atomic mass is 79.9. The van der Waals surface area contributed by atoms with Crippen molar-refractivity contribution >= 4 is 27.8 Å². The van der Waals surface area contributed by atoms with Crippen LogP contribution < -0.4 is 10.6 Å². The smallest absolute Gasteiger partial charge is 0.225 e. The van der Waals surface area contributed by atoms with Crippen molar-refractivity contribution in [3.05, 3.63) is 34.1 Å². The SMILES string of the molecule is CN=C(NCc1cc(Br)ccc1F)NC1CCN(C(=O)C2CCCCC2)C1. The van der Waals surface area contributed by atoms with Crippen LogP contribution in [0.4, 0.5) is 4.39 Å². The number of carbonyl (C=O) groups excluding carboxylic acids is 1. The maximum Gasteiger partial charge on any atom is 0.225 e. The van der Waals surface area contributed by atoms with Gasteiger partial charge in [0.1, 0.15) is 5.82 Å². The zero-order valence-electron chi connectivity index (χ0n) is 15.8. The standard InChI is InChI=1S/C20H28BrFN4O/c1-23-20(24-12-15-11-16(21)7-8-18(15)22)25-17-9-10-26(13-17)19(27)14-5-3-2-4-6-14/h7-8,11,14,17H,2-6,9-10,12-13H2,1H3,(H2,23,24,25). The molecule has 1 atom stereocenters. The number of nitrogens with one attached hydrogen (secondary N) is 2. The molecule has 148 valence electrons. The van der Waals surface area contributed by atoms with E-state index >= 15 is 0 Å². The molecular weight excluding hydrogens is 411 g/mol. The fraction of sp³-hybridized carbons (Fsp3) is 0.600. The number of amides is 1. The zero-order chi connectivity index (χ0) is 19.2. The molecule has 2 aliphatic rings. The Hall–Kier alpha value is -1.63. The van der Waals surface area contributed by atoms with Crippen molar-refractivity contribution in [2.24, 2.45) is 10.9 Å². The second-order valence-corrected chi connectivity index (χ2v) is 8.33. The Bertz CT molecular complexity index is 691. The first-order chi connectivity index (χ1) is 13.1. The number of guanidine groups is 1. The van der Waals surface area contributed by atoms with Crippen molar-refractivity contribution in [3.8, 4) is 0 Å². The number of rotatable bonds is 4. The van der Waals surface area contributed by atoms with Gasteiger partial charge in [0.05, 0.1) is 0 Å². The summed E-state index contributed by atoms with van der Waals surface area (Å²) in [4.78, 5) is 18.9. The largest absolute Gasteiger partial charge is 0.352 e. The summed E-state index contributed by atoms with van der Waals surface area (Å²) in [6, 6.07) is 5.07. The Labute approximate surface area is 168 Å². The molecule has 0 radical (unpaired) electrons. The fourth-order valence-electron chi connectivity index (χ4n) is 3.93. The average molecular weight is 439 g/mol. The minimum absolute atomic E-state index is 0.177. The topological polar surface area (TPSA) is 56.7 Å². The van der Waals surface area contributed by atoms with E-state index < -0.39 is 0 Å². The van der Waals surface area contributed by atoms with Crippen LogP contribution in [0, 0.1) is 11.7 Å². The van der Waals surface area contributed by atoms with Gasteiger partial charge >= 0.3 is 0 Å². The lowest BCUT2D eigenvalue weighted by molar-refractivity contribution is -0.135. The van der Waals surface area contributed by atoms with E-state index in [1.54, 1.807) is 19.2 Å². The molecule has 1 unspecified atom stereocenters. The van der Waals surface area contributed by atoms with Gasteiger partial charge in [0.2, 0.25) is 5.91 Å². The summed E-state index contributed by atoms with van der Waals surface area (Å²) in [5.41, 5.74) is 0.577. The highest BCUT2D eigenvalue weighted by molar-refractivity contribution is 9.10. The van der Waals surface area contributed by atoms with E-state index in [-0.39, 0.29) is 17.8 Å². The van der Waals surface area contributed by atoms with Gasteiger partial charge in [-0.25, -0.2) is 4.39 Å². The van der Waals surface area contributed by atoms with Gasteiger partial charge in [-0.2, -0.15) is 0 Å². The van der Waals surface area contributed by atoms with Crippen LogP contribution >= 0.6 is 15.9 Å². The van der Waals surface area contributed by atoms with Gasteiger partial charge in [-0.3, -0.25) is 9.79 Å². The number of carbonyl (C=O) groups is 1. The summed E-state index contributed by atoms with van der Waals surface area (Å²) in [7, 11) is 1.70. The first-order valence-corrected chi connectivity index (χ1v) is 10.6. The van der Waals surface area contributed by atoms with E-state index in [4.69, 9.17) is 0 Å². The normalized spacial score (nSPS) is 21.4. The Balaban J connectivity index is 1.49. The second kappa shape index (κ2) is 9.53. The molecule has 3 rings (SSSR count). The minimum Gasteiger partial charge on any atom is -0.352 e. The van der Waals surface area contributed by atoms with Gasteiger partial charge in [-0.05, 0) is 37.5 Å². The third-order valence-electron chi connectivity index (χ3n) is 5.47. The number of nitrogens with zero attached hydrogens (tertiary/aromatic N) is 2. The number of halogens is 2. The third kappa shape index (κ3) is 5.43. The monoisotopic (exact) mass is 438 g/mol. The van der Waals surface area contributed by atoms with E-state index in [0.717, 1.165) is 30.3 Å². The number of hydrogen-bond acceptors (Lipinski definition) is 2. The number of likely N-dealkylation sites (tertiary alicyclic amines) is 1. The number of aliphatic imine (C=N–C) groups is 1. The van der Waals surface area contributed by atoms with E-state index in [2.05, 4.69) is 31.6 Å². The van der Waals surface area contributed by atoms with Crippen LogP contribution in [0.25, 0.3) is 0 Å². The summed E-state index contributed by atoms with van der Waals surface area (Å²) in [6.07, 6.45) is 6.59. The molecule has 0 spiro atoms.